The van der Waals surface area contributed by atoms with Gasteiger partial charge in [-0.15, -0.1) is 0 Å². The van der Waals surface area contributed by atoms with Crippen LogP contribution in [0.15, 0.2) is 42.5 Å². The smallest absolute Gasteiger partial charge is 0.219 e. The summed E-state index contributed by atoms with van der Waals surface area (Å²) in [5.41, 5.74) is 2.04. The van der Waals surface area contributed by atoms with Crippen LogP contribution in [0.4, 0.5) is 5.69 Å². The number of amides is 1. The van der Waals surface area contributed by atoms with Crippen molar-refractivity contribution in [2.75, 3.05) is 18.0 Å². The molecule has 2 aromatic carbocycles. The van der Waals surface area contributed by atoms with E-state index in [1.165, 1.54) is 0 Å². The SMILES string of the molecule is CC[C@@H]1[C@H](c2ccc(Cl)cc2)N(c2ccc(Cl)cc2Cl)CCN1C(C)=O. The Bertz CT molecular complexity index is 794. The Morgan fingerprint density at radius 2 is 1.69 bits per heavy atom. The first-order chi connectivity index (χ1) is 12.4. The molecule has 0 radical (unpaired) electrons. The molecule has 26 heavy (non-hydrogen) atoms. The van der Waals surface area contributed by atoms with Crippen LogP contribution in [0.3, 0.4) is 0 Å². The van der Waals surface area contributed by atoms with Gasteiger partial charge in [0.2, 0.25) is 5.91 Å². The predicted octanol–water partition coefficient (Wildman–Crippen LogP) is 5.84. The fraction of sp³-hybridized carbons (Fsp3) is 0.350. The predicted molar refractivity (Wildman–Crippen MR) is 109 cm³/mol. The Morgan fingerprint density at radius 1 is 1.04 bits per heavy atom. The van der Waals surface area contributed by atoms with Gasteiger partial charge in [0.1, 0.15) is 0 Å². The molecular weight excluding hydrogens is 391 g/mol. The van der Waals surface area contributed by atoms with Crippen LogP contribution in [0.2, 0.25) is 15.1 Å². The van der Waals surface area contributed by atoms with Crippen LogP contribution in [0.25, 0.3) is 0 Å². The third-order valence-corrected chi connectivity index (χ3v) is 5.73. The van der Waals surface area contributed by atoms with Crippen LogP contribution in [0.1, 0.15) is 31.9 Å². The Hall–Kier alpha value is -1.42. The lowest BCUT2D eigenvalue weighted by Crippen LogP contribution is -2.56. The number of halogens is 3. The largest absolute Gasteiger partial charge is 0.359 e. The zero-order chi connectivity index (χ0) is 18.8. The Balaban J connectivity index is 2.09. The van der Waals surface area contributed by atoms with Crippen molar-refractivity contribution in [2.24, 2.45) is 0 Å². The highest BCUT2D eigenvalue weighted by Crippen LogP contribution is 2.40. The summed E-state index contributed by atoms with van der Waals surface area (Å²) in [5, 5.41) is 1.91. The Morgan fingerprint density at radius 3 is 2.27 bits per heavy atom. The summed E-state index contributed by atoms with van der Waals surface area (Å²) in [5.74, 6) is 0.0951. The van der Waals surface area contributed by atoms with Crippen molar-refractivity contribution < 1.29 is 4.79 Å². The van der Waals surface area contributed by atoms with Gasteiger partial charge < -0.3 is 9.80 Å². The van der Waals surface area contributed by atoms with Crippen molar-refractivity contribution in [1.29, 1.82) is 0 Å². The molecule has 138 valence electrons. The number of hydrogen-bond donors (Lipinski definition) is 0. The van der Waals surface area contributed by atoms with Gasteiger partial charge in [0, 0.05) is 30.1 Å². The number of benzene rings is 2. The average Bonchev–Trinajstić information content (AvgIpc) is 2.61. The van der Waals surface area contributed by atoms with Gasteiger partial charge in [0.25, 0.3) is 0 Å². The minimum atomic E-state index is -0.00593. The quantitative estimate of drug-likeness (QED) is 0.634. The topological polar surface area (TPSA) is 23.6 Å². The van der Waals surface area contributed by atoms with E-state index in [-0.39, 0.29) is 18.0 Å². The highest BCUT2D eigenvalue weighted by Gasteiger charge is 2.38. The lowest BCUT2D eigenvalue weighted by Gasteiger charge is -2.49. The van der Waals surface area contributed by atoms with Crippen molar-refractivity contribution >= 4 is 46.4 Å². The van der Waals surface area contributed by atoms with Crippen molar-refractivity contribution in [1.82, 2.24) is 4.90 Å². The first-order valence-corrected chi connectivity index (χ1v) is 9.80. The summed E-state index contributed by atoms with van der Waals surface area (Å²) in [6, 6.07) is 13.4. The molecule has 1 aliphatic rings. The summed E-state index contributed by atoms with van der Waals surface area (Å²) in [7, 11) is 0. The maximum atomic E-state index is 12.2. The summed E-state index contributed by atoms with van der Waals surface area (Å²) < 4.78 is 0. The van der Waals surface area contributed by atoms with Crippen LogP contribution in [0, 0.1) is 0 Å². The summed E-state index contributed by atoms with van der Waals surface area (Å²) >= 11 is 18.7. The molecule has 3 nitrogen and oxygen atoms in total. The normalized spacial score (nSPS) is 20.3. The summed E-state index contributed by atoms with van der Waals surface area (Å²) in [4.78, 5) is 16.4. The van der Waals surface area contributed by atoms with E-state index in [1.54, 1.807) is 13.0 Å². The summed E-state index contributed by atoms with van der Waals surface area (Å²) in [6.07, 6.45) is 0.842. The van der Waals surface area contributed by atoms with E-state index in [4.69, 9.17) is 34.8 Å². The van der Waals surface area contributed by atoms with Gasteiger partial charge in [0.05, 0.1) is 22.8 Å². The van der Waals surface area contributed by atoms with E-state index < -0.39 is 0 Å². The molecule has 1 amide bonds. The van der Waals surface area contributed by atoms with Gasteiger partial charge in [-0.3, -0.25) is 4.79 Å². The molecule has 0 unspecified atom stereocenters. The van der Waals surface area contributed by atoms with E-state index in [9.17, 15) is 4.79 Å². The zero-order valence-electron chi connectivity index (χ0n) is 14.8. The Labute approximate surface area is 169 Å². The number of carbonyl (C=O) groups excluding carboxylic acids is 1. The molecule has 0 aliphatic carbocycles. The maximum absolute atomic E-state index is 12.2. The second-order valence-corrected chi connectivity index (χ2v) is 7.75. The van der Waals surface area contributed by atoms with Gasteiger partial charge >= 0.3 is 0 Å². The van der Waals surface area contributed by atoms with Crippen LogP contribution >= 0.6 is 34.8 Å². The second kappa shape index (κ2) is 8.08. The number of rotatable bonds is 3. The molecule has 0 aromatic heterocycles. The Kier molecular flexibility index (Phi) is 6.01. The number of piperazine rings is 1. The monoisotopic (exact) mass is 410 g/mol. The van der Waals surface area contributed by atoms with Crippen LogP contribution in [-0.4, -0.2) is 29.9 Å². The van der Waals surface area contributed by atoms with E-state index >= 15 is 0 Å². The number of anilines is 1. The van der Waals surface area contributed by atoms with E-state index in [2.05, 4.69) is 11.8 Å². The van der Waals surface area contributed by atoms with E-state index in [0.29, 0.717) is 28.2 Å². The molecule has 1 fully saturated rings. The molecule has 1 saturated heterocycles. The van der Waals surface area contributed by atoms with Crippen molar-refractivity contribution in [3.05, 3.63) is 63.1 Å². The van der Waals surface area contributed by atoms with Crippen molar-refractivity contribution in [3.63, 3.8) is 0 Å². The number of nitrogens with zero attached hydrogens (tertiary/aromatic N) is 2. The lowest BCUT2D eigenvalue weighted by molar-refractivity contribution is -0.132. The minimum Gasteiger partial charge on any atom is -0.359 e. The molecule has 6 heteroatoms. The number of carbonyl (C=O) groups is 1. The summed E-state index contributed by atoms with van der Waals surface area (Å²) in [6.45, 7) is 5.10. The third kappa shape index (κ3) is 3.80. The minimum absolute atomic E-state index is 0.00593. The van der Waals surface area contributed by atoms with Crippen LogP contribution in [-0.2, 0) is 4.79 Å². The zero-order valence-corrected chi connectivity index (χ0v) is 17.0. The molecule has 0 bridgehead atoms. The third-order valence-electron chi connectivity index (χ3n) is 4.94. The first kappa shape index (κ1) is 19.3. The van der Waals surface area contributed by atoms with Crippen LogP contribution < -0.4 is 4.90 Å². The molecule has 1 aliphatic heterocycles. The standard InChI is InChI=1S/C20H21Cl3N2O/c1-3-18-20(14-4-6-15(21)7-5-14)25(11-10-24(18)13(2)26)19-9-8-16(22)12-17(19)23/h4-9,12,18,20H,3,10-11H2,1-2H3/t18-,20+/m1/s1. The second-order valence-electron chi connectivity index (χ2n) is 6.47. The van der Waals surface area contributed by atoms with Gasteiger partial charge in [-0.1, -0.05) is 53.9 Å². The fourth-order valence-corrected chi connectivity index (χ4v) is 4.42. The molecule has 2 aromatic rings. The van der Waals surface area contributed by atoms with Crippen molar-refractivity contribution in [2.45, 2.75) is 32.4 Å². The molecular formula is C20H21Cl3N2O. The molecule has 0 saturated carbocycles. The van der Waals surface area contributed by atoms with E-state index in [0.717, 1.165) is 17.7 Å². The van der Waals surface area contributed by atoms with Gasteiger partial charge in [0.15, 0.2) is 0 Å². The highest BCUT2D eigenvalue weighted by atomic mass is 35.5. The van der Waals surface area contributed by atoms with Crippen molar-refractivity contribution in [3.8, 4) is 0 Å². The number of hydrogen-bond acceptors (Lipinski definition) is 2. The maximum Gasteiger partial charge on any atom is 0.219 e. The van der Waals surface area contributed by atoms with Gasteiger partial charge in [-0.05, 0) is 42.3 Å². The average molecular weight is 412 g/mol. The molecule has 3 rings (SSSR count). The first-order valence-electron chi connectivity index (χ1n) is 8.66. The van der Waals surface area contributed by atoms with Gasteiger partial charge in [-0.2, -0.15) is 0 Å². The fourth-order valence-electron chi connectivity index (χ4n) is 3.78. The lowest BCUT2D eigenvalue weighted by atomic mass is 9.91. The van der Waals surface area contributed by atoms with Crippen LogP contribution in [0.5, 0.6) is 0 Å². The van der Waals surface area contributed by atoms with Gasteiger partial charge in [-0.25, -0.2) is 0 Å². The molecule has 0 spiro atoms. The molecule has 1 heterocycles. The molecule has 2 atom stereocenters. The highest BCUT2D eigenvalue weighted by molar-refractivity contribution is 6.36. The molecule has 0 N–H and O–H groups in total. The van der Waals surface area contributed by atoms with E-state index in [1.807, 2.05) is 41.3 Å².